The third-order valence-electron chi connectivity index (χ3n) is 9.23. The fourth-order valence-corrected chi connectivity index (χ4v) is 7.27. The monoisotopic (exact) mass is 572 g/mol. The highest BCUT2D eigenvalue weighted by molar-refractivity contribution is 7.00. The Morgan fingerprint density at radius 2 is 0.711 bits per heavy atom. The second kappa shape index (κ2) is 10.4. The summed E-state index contributed by atoms with van der Waals surface area (Å²) in [6.45, 7) is 0.0634. The van der Waals surface area contributed by atoms with E-state index in [1.54, 1.807) is 0 Å². The summed E-state index contributed by atoms with van der Waals surface area (Å²) in [5.74, 6) is 0. The normalized spacial score (nSPS) is 12.8. The zero-order valence-electron chi connectivity index (χ0n) is 24.7. The molecule has 0 radical (unpaired) electrons. The summed E-state index contributed by atoms with van der Waals surface area (Å²) in [7, 11) is 0. The lowest BCUT2D eigenvalue weighted by molar-refractivity contribution is 1.25. The van der Waals surface area contributed by atoms with Crippen molar-refractivity contribution in [2.75, 3.05) is 9.80 Å². The molecule has 7 aromatic rings. The molecule has 3 heteroatoms. The van der Waals surface area contributed by atoms with Crippen LogP contribution < -0.4 is 26.2 Å². The SMILES string of the molecule is c1ccc(-c2ccc3c(c2)B2c4cc(-c5ccccc5)ccc4N(c4ccccc4)c4cccc(c42)N3c2ccccc2)cc1. The van der Waals surface area contributed by atoms with Crippen molar-refractivity contribution < 1.29 is 0 Å². The molecular formula is C42H29BN2. The van der Waals surface area contributed by atoms with E-state index in [1.807, 2.05) is 0 Å². The second-order valence-corrected chi connectivity index (χ2v) is 11.8. The number of hydrogen-bond acceptors (Lipinski definition) is 2. The van der Waals surface area contributed by atoms with Crippen LogP contribution in [0.15, 0.2) is 176 Å². The number of anilines is 6. The number of hydrogen-bond donors (Lipinski definition) is 0. The molecule has 9 rings (SSSR count). The highest BCUT2D eigenvalue weighted by Crippen LogP contribution is 2.44. The summed E-state index contributed by atoms with van der Waals surface area (Å²) in [6, 6.07) is 63.9. The average Bonchev–Trinajstić information content (AvgIpc) is 3.12. The van der Waals surface area contributed by atoms with Gasteiger partial charge in [-0.2, -0.15) is 0 Å². The molecule has 7 aromatic carbocycles. The van der Waals surface area contributed by atoms with Crippen LogP contribution in [0.4, 0.5) is 34.1 Å². The molecule has 210 valence electrons. The largest absolute Gasteiger partial charge is 0.311 e. The van der Waals surface area contributed by atoms with Crippen molar-refractivity contribution in [3.05, 3.63) is 176 Å². The molecule has 2 aliphatic rings. The first-order valence-electron chi connectivity index (χ1n) is 15.6. The van der Waals surface area contributed by atoms with E-state index >= 15 is 0 Å². The summed E-state index contributed by atoms with van der Waals surface area (Å²) < 4.78 is 0. The van der Waals surface area contributed by atoms with E-state index in [0.717, 1.165) is 11.4 Å². The first-order chi connectivity index (χ1) is 22.3. The van der Waals surface area contributed by atoms with Crippen LogP contribution in [0.2, 0.25) is 0 Å². The van der Waals surface area contributed by atoms with Crippen LogP contribution in [0.3, 0.4) is 0 Å². The lowest BCUT2D eigenvalue weighted by Crippen LogP contribution is -2.61. The van der Waals surface area contributed by atoms with Crippen molar-refractivity contribution >= 4 is 57.2 Å². The van der Waals surface area contributed by atoms with Gasteiger partial charge < -0.3 is 9.80 Å². The fourth-order valence-electron chi connectivity index (χ4n) is 7.27. The van der Waals surface area contributed by atoms with Gasteiger partial charge in [-0.3, -0.25) is 0 Å². The van der Waals surface area contributed by atoms with E-state index in [9.17, 15) is 0 Å². The van der Waals surface area contributed by atoms with Crippen molar-refractivity contribution in [1.29, 1.82) is 0 Å². The molecule has 0 N–H and O–H groups in total. The van der Waals surface area contributed by atoms with Crippen LogP contribution in [0.25, 0.3) is 22.3 Å². The summed E-state index contributed by atoms with van der Waals surface area (Å²) in [5, 5.41) is 0. The van der Waals surface area contributed by atoms with Gasteiger partial charge in [0.25, 0.3) is 6.71 Å². The van der Waals surface area contributed by atoms with Gasteiger partial charge in [-0.1, -0.05) is 127 Å². The third kappa shape index (κ3) is 4.12. The number of rotatable bonds is 4. The van der Waals surface area contributed by atoms with E-state index in [4.69, 9.17) is 0 Å². The summed E-state index contributed by atoms with van der Waals surface area (Å²) >= 11 is 0. The van der Waals surface area contributed by atoms with E-state index in [0.29, 0.717) is 0 Å². The summed E-state index contributed by atoms with van der Waals surface area (Å²) in [4.78, 5) is 4.91. The van der Waals surface area contributed by atoms with Crippen LogP contribution in [0.1, 0.15) is 0 Å². The minimum atomic E-state index is 0.0634. The number of fused-ring (bicyclic) bond motifs is 4. The quantitative estimate of drug-likeness (QED) is 0.194. The molecule has 0 aliphatic carbocycles. The van der Waals surface area contributed by atoms with Gasteiger partial charge in [-0.25, -0.2) is 0 Å². The van der Waals surface area contributed by atoms with Crippen molar-refractivity contribution in [3.63, 3.8) is 0 Å². The summed E-state index contributed by atoms with van der Waals surface area (Å²) in [6.07, 6.45) is 0. The van der Waals surface area contributed by atoms with E-state index in [-0.39, 0.29) is 6.71 Å². The fraction of sp³-hybridized carbons (Fsp3) is 0. The van der Waals surface area contributed by atoms with Gasteiger partial charge in [-0.15, -0.1) is 0 Å². The molecule has 2 nitrogen and oxygen atoms in total. The molecular weight excluding hydrogens is 543 g/mol. The maximum absolute atomic E-state index is 2.45. The zero-order valence-corrected chi connectivity index (χ0v) is 24.7. The van der Waals surface area contributed by atoms with Crippen molar-refractivity contribution in [1.82, 2.24) is 0 Å². The first kappa shape index (κ1) is 25.7. The molecule has 0 amide bonds. The third-order valence-corrected chi connectivity index (χ3v) is 9.23. The second-order valence-electron chi connectivity index (χ2n) is 11.8. The molecule has 0 atom stereocenters. The van der Waals surface area contributed by atoms with Crippen molar-refractivity contribution in [3.8, 4) is 22.3 Å². The Labute approximate surface area is 264 Å². The van der Waals surface area contributed by atoms with E-state index in [2.05, 4.69) is 186 Å². The Hall–Kier alpha value is -5.80. The van der Waals surface area contributed by atoms with Gasteiger partial charge in [-0.05, 0) is 87.2 Å². The topological polar surface area (TPSA) is 6.48 Å². The van der Waals surface area contributed by atoms with Gasteiger partial charge in [0.05, 0.1) is 0 Å². The van der Waals surface area contributed by atoms with Gasteiger partial charge in [0.1, 0.15) is 0 Å². The highest BCUT2D eigenvalue weighted by atomic mass is 15.2. The molecule has 0 aromatic heterocycles. The Kier molecular flexibility index (Phi) is 5.95. The van der Waals surface area contributed by atoms with Gasteiger partial charge >= 0.3 is 0 Å². The lowest BCUT2D eigenvalue weighted by Gasteiger charge is -2.44. The van der Waals surface area contributed by atoms with Crippen LogP contribution in [-0.4, -0.2) is 6.71 Å². The molecule has 2 aliphatic heterocycles. The van der Waals surface area contributed by atoms with Crippen LogP contribution in [-0.2, 0) is 0 Å². The van der Waals surface area contributed by atoms with Gasteiger partial charge in [0, 0.05) is 34.1 Å². The molecule has 0 unspecified atom stereocenters. The van der Waals surface area contributed by atoms with Crippen LogP contribution in [0, 0.1) is 0 Å². The highest BCUT2D eigenvalue weighted by Gasteiger charge is 2.43. The Morgan fingerprint density at radius 3 is 1.13 bits per heavy atom. The molecule has 0 saturated heterocycles. The maximum Gasteiger partial charge on any atom is 0.252 e. The maximum atomic E-state index is 2.45. The van der Waals surface area contributed by atoms with E-state index in [1.165, 1.54) is 61.4 Å². The Balaban J connectivity index is 1.37. The standard InChI is InChI=1S/C42H29BN2/c1-5-14-30(15-6-1)32-24-26-38-36(28-32)43-37-29-33(31-16-7-2-8-17-31)25-27-39(37)45(35-20-11-4-12-21-35)41-23-13-22-40(42(41)43)44(38)34-18-9-3-10-19-34/h1-29H. The molecule has 2 heterocycles. The predicted octanol–water partition coefficient (Wildman–Crippen LogP) is 9.10. The molecule has 0 bridgehead atoms. The summed E-state index contributed by atoms with van der Waals surface area (Å²) in [5.41, 5.74) is 16.1. The number of nitrogens with zero attached hydrogens (tertiary/aromatic N) is 2. The molecule has 0 fully saturated rings. The minimum Gasteiger partial charge on any atom is -0.311 e. The zero-order chi connectivity index (χ0) is 29.7. The molecule has 0 saturated carbocycles. The minimum absolute atomic E-state index is 0.0634. The Morgan fingerprint density at radius 1 is 0.311 bits per heavy atom. The predicted molar refractivity (Wildman–Crippen MR) is 191 cm³/mol. The van der Waals surface area contributed by atoms with Crippen molar-refractivity contribution in [2.45, 2.75) is 0 Å². The van der Waals surface area contributed by atoms with Gasteiger partial charge in [0.15, 0.2) is 0 Å². The van der Waals surface area contributed by atoms with Crippen molar-refractivity contribution in [2.24, 2.45) is 0 Å². The Bertz CT molecular complexity index is 2010. The first-order valence-corrected chi connectivity index (χ1v) is 15.6. The average molecular weight is 573 g/mol. The lowest BCUT2D eigenvalue weighted by atomic mass is 9.33. The molecule has 0 spiro atoms. The van der Waals surface area contributed by atoms with Crippen LogP contribution in [0.5, 0.6) is 0 Å². The van der Waals surface area contributed by atoms with Crippen LogP contribution >= 0.6 is 0 Å². The number of para-hydroxylation sites is 2. The molecule has 45 heavy (non-hydrogen) atoms. The number of benzene rings is 7. The van der Waals surface area contributed by atoms with Gasteiger partial charge in [0.2, 0.25) is 0 Å². The smallest absolute Gasteiger partial charge is 0.252 e. The van der Waals surface area contributed by atoms with E-state index < -0.39 is 0 Å².